The lowest BCUT2D eigenvalue weighted by atomic mass is 9.84. The first-order valence-electron chi connectivity index (χ1n) is 12.0. The number of nitrogens with zero attached hydrogens (tertiary/aromatic N) is 2. The first-order valence-corrected chi connectivity index (χ1v) is 13.3. The van der Waals surface area contributed by atoms with Crippen molar-refractivity contribution >= 4 is 11.8 Å². The predicted molar refractivity (Wildman–Crippen MR) is 136 cm³/mol. The van der Waals surface area contributed by atoms with Gasteiger partial charge in [-0.05, 0) is 67.1 Å². The molecule has 2 aromatic rings. The maximum Gasteiger partial charge on any atom is 0.122 e. The lowest BCUT2D eigenvalue weighted by Gasteiger charge is -2.33. The largest absolute Gasteiger partial charge is 0.493 e. The molecular formula is C27H40N2O2S. The average Bonchev–Trinajstić information content (AvgIpc) is 2.84. The fraction of sp³-hybridized carbons (Fsp3) is 0.556. The molecule has 32 heavy (non-hydrogen) atoms. The molecule has 5 heteroatoms. The van der Waals surface area contributed by atoms with Crippen molar-refractivity contribution in [3.63, 3.8) is 0 Å². The highest BCUT2D eigenvalue weighted by Gasteiger charge is 2.26. The van der Waals surface area contributed by atoms with Crippen molar-refractivity contribution in [1.82, 2.24) is 9.80 Å². The van der Waals surface area contributed by atoms with E-state index in [9.17, 15) is 0 Å². The van der Waals surface area contributed by atoms with Gasteiger partial charge in [-0.2, -0.15) is 0 Å². The molecule has 2 heterocycles. The number of hydrogen-bond donors (Lipinski definition) is 0. The number of likely N-dealkylation sites (N-methyl/N-ethyl adjacent to an activating group) is 1. The Morgan fingerprint density at radius 2 is 1.81 bits per heavy atom. The van der Waals surface area contributed by atoms with Crippen molar-refractivity contribution in [3.05, 3.63) is 58.7 Å². The zero-order valence-corrected chi connectivity index (χ0v) is 21.3. The Bertz CT molecular complexity index is 834. The number of hydrogen-bond acceptors (Lipinski definition) is 5. The third-order valence-electron chi connectivity index (χ3n) is 6.24. The number of fused-ring (bicyclic) bond motifs is 1. The van der Waals surface area contributed by atoms with E-state index < -0.39 is 0 Å². The van der Waals surface area contributed by atoms with Crippen LogP contribution in [-0.2, 0) is 11.3 Å². The standard InChI is InChI=1S/C25H34N2O2S.C2H6/c1-19-15-23-21(16-25(19)29-12-4-9-27-10-13-28-14-11-27)17-26(2)18-24(23)20-5-7-22(30-3)8-6-20;1-2/h5-8,15-16,24H,4,9-14,17-18H2,1-3H3;1-2H3. The molecule has 2 aromatic carbocycles. The van der Waals surface area contributed by atoms with Crippen molar-refractivity contribution in [2.24, 2.45) is 0 Å². The first-order chi connectivity index (χ1) is 15.6. The minimum atomic E-state index is 0.420. The maximum absolute atomic E-state index is 6.22. The number of thioether (sulfide) groups is 1. The summed E-state index contributed by atoms with van der Waals surface area (Å²) in [6.07, 6.45) is 3.19. The van der Waals surface area contributed by atoms with Crippen LogP contribution < -0.4 is 4.74 Å². The van der Waals surface area contributed by atoms with Gasteiger partial charge in [-0.3, -0.25) is 4.90 Å². The van der Waals surface area contributed by atoms with Crippen LogP contribution in [0.2, 0.25) is 0 Å². The topological polar surface area (TPSA) is 24.9 Å². The Morgan fingerprint density at radius 3 is 2.50 bits per heavy atom. The Hall–Kier alpha value is -1.53. The van der Waals surface area contributed by atoms with Crippen molar-refractivity contribution in [3.8, 4) is 5.75 Å². The van der Waals surface area contributed by atoms with E-state index in [1.165, 1.54) is 27.1 Å². The molecule has 0 N–H and O–H groups in total. The van der Waals surface area contributed by atoms with Crippen molar-refractivity contribution in [2.75, 3.05) is 59.3 Å². The van der Waals surface area contributed by atoms with Gasteiger partial charge in [-0.1, -0.05) is 32.0 Å². The fourth-order valence-corrected chi connectivity index (χ4v) is 4.96. The Balaban J connectivity index is 0.00000141. The van der Waals surface area contributed by atoms with Crippen molar-refractivity contribution in [2.45, 2.75) is 44.6 Å². The van der Waals surface area contributed by atoms with Gasteiger partial charge in [0, 0.05) is 43.5 Å². The highest BCUT2D eigenvalue weighted by atomic mass is 32.2. The predicted octanol–water partition coefficient (Wildman–Crippen LogP) is 5.42. The van der Waals surface area contributed by atoms with E-state index in [0.29, 0.717) is 5.92 Å². The molecule has 1 saturated heterocycles. The molecule has 0 saturated carbocycles. The first kappa shape index (κ1) is 25.1. The summed E-state index contributed by atoms with van der Waals surface area (Å²) in [5.41, 5.74) is 5.51. The molecule has 4 nitrogen and oxygen atoms in total. The van der Waals surface area contributed by atoms with E-state index in [1.54, 1.807) is 11.8 Å². The summed E-state index contributed by atoms with van der Waals surface area (Å²) >= 11 is 1.80. The number of aryl methyl sites for hydroxylation is 1. The van der Waals surface area contributed by atoms with E-state index in [4.69, 9.17) is 9.47 Å². The molecule has 0 amide bonds. The van der Waals surface area contributed by atoms with Crippen molar-refractivity contribution in [1.29, 1.82) is 0 Å². The summed E-state index contributed by atoms with van der Waals surface area (Å²) in [5, 5.41) is 0. The van der Waals surface area contributed by atoms with Gasteiger partial charge in [0.15, 0.2) is 0 Å². The van der Waals surface area contributed by atoms with Crippen LogP contribution in [-0.4, -0.2) is 69.1 Å². The lowest BCUT2D eigenvalue weighted by molar-refractivity contribution is 0.0358. The summed E-state index contributed by atoms with van der Waals surface area (Å²) in [4.78, 5) is 6.21. The average molecular weight is 457 g/mol. The normalized spacial score (nSPS) is 19.1. The molecule has 0 radical (unpaired) electrons. The number of morpholine rings is 1. The van der Waals surface area contributed by atoms with Crippen LogP contribution in [0.25, 0.3) is 0 Å². The molecule has 0 aliphatic carbocycles. The minimum Gasteiger partial charge on any atom is -0.493 e. The Morgan fingerprint density at radius 1 is 1.09 bits per heavy atom. The van der Waals surface area contributed by atoms with E-state index in [2.05, 4.69) is 66.4 Å². The Labute approximate surface area is 199 Å². The van der Waals surface area contributed by atoms with Gasteiger partial charge >= 0.3 is 0 Å². The van der Waals surface area contributed by atoms with Gasteiger partial charge in [-0.15, -0.1) is 11.8 Å². The molecule has 0 bridgehead atoms. The summed E-state index contributed by atoms with van der Waals surface area (Å²) in [6.45, 7) is 13.9. The molecule has 176 valence electrons. The molecule has 4 rings (SSSR count). The third-order valence-corrected chi connectivity index (χ3v) is 6.99. The SMILES string of the molecule is CC.CSc1ccc(C2CN(C)Cc3cc(OCCCN4CCOCC4)c(C)cc32)cc1. The second kappa shape index (κ2) is 12.6. The molecule has 1 fully saturated rings. The second-order valence-electron chi connectivity index (χ2n) is 8.50. The van der Waals surface area contributed by atoms with Gasteiger partial charge in [0.1, 0.15) is 5.75 Å². The van der Waals surface area contributed by atoms with Crippen LogP contribution in [0.15, 0.2) is 41.3 Å². The van der Waals surface area contributed by atoms with Gasteiger partial charge in [-0.25, -0.2) is 0 Å². The van der Waals surface area contributed by atoms with E-state index in [0.717, 1.165) is 64.7 Å². The van der Waals surface area contributed by atoms with Crippen LogP contribution >= 0.6 is 11.8 Å². The summed E-state index contributed by atoms with van der Waals surface area (Å²) < 4.78 is 11.6. The molecule has 0 aromatic heterocycles. The van der Waals surface area contributed by atoms with Crippen molar-refractivity contribution < 1.29 is 9.47 Å². The van der Waals surface area contributed by atoms with E-state index >= 15 is 0 Å². The molecule has 2 aliphatic heterocycles. The van der Waals surface area contributed by atoms with Gasteiger partial charge in [0.05, 0.1) is 19.8 Å². The quantitative estimate of drug-likeness (QED) is 0.409. The number of rotatable bonds is 7. The lowest BCUT2D eigenvalue weighted by Crippen LogP contribution is -2.37. The number of ether oxygens (including phenoxy) is 2. The van der Waals surface area contributed by atoms with Gasteiger partial charge < -0.3 is 14.4 Å². The van der Waals surface area contributed by atoms with Crippen LogP contribution in [0.1, 0.15) is 48.4 Å². The van der Waals surface area contributed by atoms with Crippen LogP contribution in [0.3, 0.4) is 0 Å². The highest BCUT2D eigenvalue weighted by Crippen LogP contribution is 2.37. The minimum absolute atomic E-state index is 0.420. The van der Waals surface area contributed by atoms with E-state index in [1.807, 2.05) is 13.8 Å². The molecule has 2 aliphatic rings. The maximum atomic E-state index is 6.22. The van der Waals surface area contributed by atoms with Crippen LogP contribution in [0, 0.1) is 6.92 Å². The smallest absolute Gasteiger partial charge is 0.122 e. The van der Waals surface area contributed by atoms with Gasteiger partial charge in [0.2, 0.25) is 0 Å². The Kier molecular flexibility index (Phi) is 9.92. The molecule has 0 spiro atoms. The van der Waals surface area contributed by atoms with Crippen LogP contribution in [0.4, 0.5) is 0 Å². The molecule has 1 unspecified atom stereocenters. The van der Waals surface area contributed by atoms with E-state index in [-0.39, 0.29) is 0 Å². The highest BCUT2D eigenvalue weighted by molar-refractivity contribution is 7.98. The molecular weight excluding hydrogens is 416 g/mol. The van der Waals surface area contributed by atoms with Gasteiger partial charge in [0.25, 0.3) is 0 Å². The molecule has 1 atom stereocenters. The fourth-order valence-electron chi connectivity index (χ4n) is 4.55. The summed E-state index contributed by atoms with van der Waals surface area (Å²) in [5.74, 6) is 1.46. The second-order valence-corrected chi connectivity index (χ2v) is 9.37. The summed E-state index contributed by atoms with van der Waals surface area (Å²) in [7, 11) is 2.22. The summed E-state index contributed by atoms with van der Waals surface area (Å²) in [6, 6.07) is 13.7. The zero-order chi connectivity index (χ0) is 22.9. The number of benzene rings is 2. The van der Waals surface area contributed by atoms with Crippen LogP contribution in [0.5, 0.6) is 5.75 Å². The monoisotopic (exact) mass is 456 g/mol. The zero-order valence-electron chi connectivity index (χ0n) is 20.5. The third kappa shape index (κ3) is 6.50.